The molecule has 0 amide bonds. The molecule has 1 unspecified atom stereocenters. The van der Waals surface area contributed by atoms with E-state index in [0.717, 1.165) is 23.1 Å². The van der Waals surface area contributed by atoms with Crippen molar-refractivity contribution in [1.29, 1.82) is 0 Å². The van der Waals surface area contributed by atoms with Crippen LogP contribution in [0.15, 0.2) is 18.2 Å². The molecule has 0 saturated carbocycles. The zero-order chi connectivity index (χ0) is 12.1. The number of carbonyl (C=O) groups is 1. The van der Waals surface area contributed by atoms with Gasteiger partial charge in [-0.25, -0.2) is 4.79 Å². The molecule has 1 rings (SSSR count). The number of rotatable bonds is 5. The van der Waals surface area contributed by atoms with E-state index in [9.17, 15) is 4.79 Å². The van der Waals surface area contributed by atoms with Crippen LogP contribution in [0.25, 0.3) is 0 Å². The molecule has 0 saturated heterocycles. The van der Waals surface area contributed by atoms with E-state index >= 15 is 0 Å². The van der Waals surface area contributed by atoms with Crippen LogP contribution in [0.1, 0.15) is 36.1 Å². The first-order chi connectivity index (χ1) is 7.57. The lowest BCUT2D eigenvalue weighted by Gasteiger charge is -2.16. The molecule has 0 spiro atoms. The molecule has 1 aromatic rings. The van der Waals surface area contributed by atoms with Gasteiger partial charge < -0.3 is 9.84 Å². The maximum absolute atomic E-state index is 11.1. The summed E-state index contributed by atoms with van der Waals surface area (Å²) in [7, 11) is 0. The van der Waals surface area contributed by atoms with Crippen molar-refractivity contribution in [1.82, 2.24) is 0 Å². The molecule has 0 fully saturated rings. The van der Waals surface area contributed by atoms with Crippen LogP contribution in [-0.2, 0) is 9.53 Å². The summed E-state index contributed by atoms with van der Waals surface area (Å²) in [6.45, 7) is 6.32. The predicted molar refractivity (Wildman–Crippen MR) is 62.5 cm³/mol. The summed E-state index contributed by atoms with van der Waals surface area (Å²) in [5, 5.41) is 9.14. The van der Waals surface area contributed by atoms with Crippen molar-refractivity contribution in [2.75, 3.05) is 6.61 Å². The largest absolute Gasteiger partial charge is 0.479 e. The van der Waals surface area contributed by atoms with Crippen molar-refractivity contribution in [2.45, 2.75) is 33.3 Å². The number of hydrogen-bond donors (Lipinski definition) is 1. The first kappa shape index (κ1) is 12.7. The average molecular weight is 222 g/mol. The number of hydrogen-bond acceptors (Lipinski definition) is 2. The van der Waals surface area contributed by atoms with Crippen molar-refractivity contribution in [2.24, 2.45) is 0 Å². The lowest BCUT2D eigenvalue weighted by Crippen LogP contribution is -2.17. The van der Waals surface area contributed by atoms with Crippen LogP contribution in [0.3, 0.4) is 0 Å². The van der Waals surface area contributed by atoms with Gasteiger partial charge in [0.05, 0.1) is 0 Å². The number of benzene rings is 1. The van der Waals surface area contributed by atoms with E-state index in [4.69, 9.17) is 9.84 Å². The maximum Gasteiger partial charge on any atom is 0.337 e. The van der Waals surface area contributed by atoms with Crippen LogP contribution in [-0.4, -0.2) is 17.7 Å². The molecule has 1 atom stereocenters. The molecule has 0 aliphatic heterocycles. The third-order valence-electron chi connectivity index (χ3n) is 2.64. The van der Waals surface area contributed by atoms with Crippen LogP contribution >= 0.6 is 0 Å². The highest BCUT2D eigenvalue weighted by atomic mass is 16.5. The van der Waals surface area contributed by atoms with Crippen molar-refractivity contribution in [3.05, 3.63) is 34.9 Å². The highest BCUT2D eigenvalue weighted by Crippen LogP contribution is 2.23. The second-order valence-corrected chi connectivity index (χ2v) is 3.88. The minimum Gasteiger partial charge on any atom is -0.479 e. The molecule has 1 N–H and O–H groups in total. The van der Waals surface area contributed by atoms with Gasteiger partial charge >= 0.3 is 5.97 Å². The highest BCUT2D eigenvalue weighted by Gasteiger charge is 2.22. The van der Waals surface area contributed by atoms with E-state index in [1.54, 1.807) is 0 Å². The monoisotopic (exact) mass is 222 g/mol. The Morgan fingerprint density at radius 2 is 2.12 bits per heavy atom. The molecule has 0 heterocycles. The minimum absolute atomic E-state index is 0.463. The predicted octanol–water partition coefficient (Wildman–Crippen LogP) is 2.86. The van der Waals surface area contributed by atoms with Crippen LogP contribution in [0.2, 0.25) is 0 Å². The highest BCUT2D eigenvalue weighted by molar-refractivity contribution is 5.75. The molecule has 0 aromatic heterocycles. The van der Waals surface area contributed by atoms with Crippen LogP contribution < -0.4 is 0 Å². The lowest BCUT2D eigenvalue weighted by atomic mass is 9.99. The van der Waals surface area contributed by atoms with Gasteiger partial charge in [0.1, 0.15) is 0 Å². The lowest BCUT2D eigenvalue weighted by molar-refractivity contribution is -0.150. The molecule has 88 valence electrons. The summed E-state index contributed by atoms with van der Waals surface area (Å²) in [4.78, 5) is 11.1. The van der Waals surface area contributed by atoms with Gasteiger partial charge in [0.2, 0.25) is 0 Å². The molecular weight excluding hydrogens is 204 g/mol. The molecule has 0 aliphatic rings. The van der Waals surface area contributed by atoms with Crippen LogP contribution in [0.4, 0.5) is 0 Å². The Labute approximate surface area is 96.1 Å². The molecular formula is C13H18O3. The zero-order valence-electron chi connectivity index (χ0n) is 9.99. The first-order valence-electron chi connectivity index (χ1n) is 5.48. The molecule has 0 radical (unpaired) electrons. The van der Waals surface area contributed by atoms with E-state index in [2.05, 4.69) is 0 Å². The molecule has 0 aliphatic carbocycles. The summed E-state index contributed by atoms with van der Waals surface area (Å²) in [6.07, 6.45) is -0.0332. The zero-order valence-corrected chi connectivity index (χ0v) is 9.99. The average Bonchev–Trinajstić information content (AvgIpc) is 2.24. The van der Waals surface area contributed by atoms with Crippen molar-refractivity contribution < 1.29 is 14.6 Å². The van der Waals surface area contributed by atoms with Gasteiger partial charge in [-0.15, -0.1) is 0 Å². The Hall–Kier alpha value is -1.35. The van der Waals surface area contributed by atoms with Gasteiger partial charge in [-0.05, 0) is 37.0 Å². The number of aryl methyl sites for hydroxylation is 1. The second-order valence-electron chi connectivity index (χ2n) is 3.88. The standard InChI is InChI=1S/C13H18O3/c1-4-8-16-12(13(14)15)11-7-5-6-9(2)10(11)3/h5-7,12H,4,8H2,1-3H3,(H,14,15). The summed E-state index contributed by atoms with van der Waals surface area (Å²) < 4.78 is 5.38. The van der Waals surface area contributed by atoms with Gasteiger partial charge in [-0.2, -0.15) is 0 Å². The summed E-state index contributed by atoms with van der Waals surface area (Å²) >= 11 is 0. The third kappa shape index (κ3) is 2.83. The fraction of sp³-hybridized carbons (Fsp3) is 0.462. The Morgan fingerprint density at radius 1 is 1.44 bits per heavy atom. The van der Waals surface area contributed by atoms with E-state index < -0.39 is 12.1 Å². The topological polar surface area (TPSA) is 46.5 Å². The Balaban J connectivity index is 3.01. The van der Waals surface area contributed by atoms with Gasteiger partial charge in [0.15, 0.2) is 6.10 Å². The van der Waals surface area contributed by atoms with Gasteiger partial charge in [-0.1, -0.05) is 25.1 Å². The van der Waals surface area contributed by atoms with Crippen molar-refractivity contribution in [3.8, 4) is 0 Å². The Morgan fingerprint density at radius 3 is 2.69 bits per heavy atom. The van der Waals surface area contributed by atoms with E-state index in [1.807, 2.05) is 39.0 Å². The number of aliphatic carboxylic acids is 1. The molecule has 3 heteroatoms. The quantitative estimate of drug-likeness (QED) is 0.833. The van der Waals surface area contributed by atoms with Gasteiger partial charge in [0.25, 0.3) is 0 Å². The van der Waals surface area contributed by atoms with Crippen LogP contribution in [0.5, 0.6) is 0 Å². The van der Waals surface area contributed by atoms with Crippen LogP contribution in [0, 0.1) is 13.8 Å². The molecule has 3 nitrogen and oxygen atoms in total. The second kappa shape index (κ2) is 5.66. The number of ether oxygens (including phenoxy) is 1. The number of carboxylic acid groups (broad SMARTS) is 1. The Bertz CT molecular complexity index is 371. The SMILES string of the molecule is CCCOC(C(=O)O)c1cccc(C)c1C. The first-order valence-corrected chi connectivity index (χ1v) is 5.48. The minimum atomic E-state index is -0.929. The normalized spacial score (nSPS) is 12.4. The fourth-order valence-electron chi connectivity index (χ4n) is 1.59. The molecule has 1 aromatic carbocycles. The summed E-state index contributed by atoms with van der Waals surface area (Å²) in [6, 6.07) is 5.65. The van der Waals surface area contributed by atoms with Gasteiger partial charge in [0, 0.05) is 6.61 Å². The maximum atomic E-state index is 11.1. The molecule has 16 heavy (non-hydrogen) atoms. The summed E-state index contributed by atoms with van der Waals surface area (Å²) in [5.74, 6) is -0.929. The smallest absolute Gasteiger partial charge is 0.337 e. The van der Waals surface area contributed by atoms with E-state index in [-0.39, 0.29) is 0 Å². The van der Waals surface area contributed by atoms with E-state index in [1.165, 1.54) is 0 Å². The number of carboxylic acids is 1. The van der Waals surface area contributed by atoms with Crippen molar-refractivity contribution >= 4 is 5.97 Å². The van der Waals surface area contributed by atoms with Crippen molar-refractivity contribution in [3.63, 3.8) is 0 Å². The molecule has 0 bridgehead atoms. The third-order valence-corrected chi connectivity index (χ3v) is 2.64. The van der Waals surface area contributed by atoms with Gasteiger partial charge in [-0.3, -0.25) is 0 Å². The van der Waals surface area contributed by atoms with E-state index in [0.29, 0.717) is 6.61 Å². The summed E-state index contributed by atoms with van der Waals surface area (Å²) in [5.41, 5.74) is 2.83. The fourth-order valence-corrected chi connectivity index (χ4v) is 1.59. The Kier molecular flexibility index (Phi) is 4.50.